The number of hydrogen-bond donors (Lipinski definition) is 1. The molecular weight excluding hydrogens is 356 g/mol. The van der Waals surface area contributed by atoms with Gasteiger partial charge >= 0.3 is 0 Å². The molecule has 2 rings (SSSR count). The van der Waals surface area contributed by atoms with Crippen LogP contribution in [0.3, 0.4) is 0 Å². The lowest BCUT2D eigenvalue weighted by molar-refractivity contribution is -0.116. The number of carbonyl (C=O) groups is 1. The Balaban J connectivity index is 2.17. The van der Waals surface area contributed by atoms with Crippen LogP contribution < -0.4 is 19.5 Å². The van der Waals surface area contributed by atoms with Gasteiger partial charge in [0.1, 0.15) is 23.0 Å². The third kappa shape index (κ3) is 5.87. The Kier molecular flexibility index (Phi) is 7.26. The van der Waals surface area contributed by atoms with E-state index in [0.717, 1.165) is 23.6 Å². The second-order valence-electron chi connectivity index (χ2n) is 7.13. The summed E-state index contributed by atoms with van der Waals surface area (Å²) in [5.41, 5.74) is 1.01. The van der Waals surface area contributed by atoms with Gasteiger partial charge in [0.15, 0.2) is 11.5 Å². The molecule has 0 radical (unpaired) electrons. The van der Waals surface area contributed by atoms with Crippen molar-refractivity contribution >= 4 is 11.6 Å². The van der Waals surface area contributed by atoms with Gasteiger partial charge in [0, 0.05) is 18.2 Å². The third-order valence-electron chi connectivity index (χ3n) is 4.16. The molecule has 1 N–H and O–H groups in total. The number of benzene rings is 1. The van der Waals surface area contributed by atoms with Crippen LogP contribution in [0, 0.1) is 0 Å². The predicted molar refractivity (Wildman–Crippen MR) is 111 cm³/mol. The fourth-order valence-corrected chi connectivity index (χ4v) is 2.84. The van der Waals surface area contributed by atoms with Crippen molar-refractivity contribution in [3.8, 4) is 17.2 Å². The van der Waals surface area contributed by atoms with E-state index >= 15 is 0 Å². The molecule has 0 atom stereocenters. The number of allylic oxidation sites excluding steroid dienone is 3. The average Bonchev–Trinajstić information content (AvgIpc) is 3.07. The maximum atomic E-state index is 11.4. The van der Waals surface area contributed by atoms with E-state index in [2.05, 4.69) is 23.3 Å². The monoisotopic (exact) mass is 386 g/mol. The predicted octanol–water partition coefficient (Wildman–Crippen LogP) is 4.76. The summed E-state index contributed by atoms with van der Waals surface area (Å²) in [4.78, 5) is 15.9. The number of hydrogen-bond acceptors (Lipinski definition) is 5. The first-order chi connectivity index (χ1) is 13.2. The summed E-state index contributed by atoms with van der Waals surface area (Å²) in [6.45, 7) is 11.6. The number of fused-ring (bicyclic) bond motifs is 1. The zero-order valence-electron chi connectivity index (χ0n) is 17.6. The molecule has 1 aliphatic heterocycles. The smallest absolute Gasteiger partial charge is 0.231 e. The highest BCUT2D eigenvalue weighted by atomic mass is 16.7. The number of nitrogens with one attached hydrogen (secondary N) is 1. The van der Waals surface area contributed by atoms with Crippen molar-refractivity contribution in [1.29, 1.82) is 0 Å². The quantitative estimate of drug-likeness (QED) is 0.515. The van der Waals surface area contributed by atoms with Gasteiger partial charge < -0.3 is 19.5 Å². The van der Waals surface area contributed by atoms with Gasteiger partial charge in [-0.15, -0.1) is 0 Å². The van der Waals surface area contributed by atoms with E-state index in [0.29, 0.717) is 23.8 Å². The molecule has 1 aromatic carbocycles. The number of ether oxygens (including phenoxy) is 3. The molecule has 6 nitrogen and oxygen atoms in total. The number of aliphatic imine (C=N–C) groups is 1. The van der Waals surface area contributed by atoms with E-state index in [1.807, 2.05) is 52.0 Å². The molecule has 1 aliphatic rings. The Bertz CT molecular complexity index is 807. The topological polar surface area (TPSA) is 69.2 Å². The molecule has 152 valence electrons. The first-order valence-electron chi connectivity index (χ1n) is 9.51. The molecule has 0 fully saturated rings. The zero-order chi connectivity index (χ0) is 20.7. The van der Waals surface area contributed by atoms with Crippen LogP contribution in [-0.2, 0) is 4.79 Å². The molecule has 0 saturated heterocycles. The van der Waals surface area contributed by atoms with Gasteiger partial charge in [-0.05, 0) is 53.2 Å². The Hall–Kier alpha value is -2.76. The average molecular weight is 386 g/mol. The van der Waals surface area contributed by atoms with Crippen LogP contribution in [0.2, 0.25) is 0 Å². The van der Waals surface area contributed by atoms with Crippen LogP contribution >= 0.6 is 0 Å². The molecule has 0 unspecified atom stereocenters. The largest absolute Gasteiger partial charge is 0.482 e. The Labute approximate surface area is 167 Å². The molecule has 0 bridgehead atoms. The molecule has 0 aliphatic carbocycles. The second-order valence-corrected chi connectivity index (χ2v) is 7.13. The van der Waals surface area contributed by atoms with Crippen LogP contribution in [0.4, 0.5) is 0 Å². The summed E-state index contributed by atoms with van der Waals surface area (Å²) in [6, 6.07) is 5.54. The van der Waals surface area contributed by atoms with E-state index in [9.17, 15) is 4.79 Å². The van der Waals surface area contributed by atoms with Gasteiger partial charge in [0.2, 0.25) is 6.79 Å². The number of nitrogens with zero attached hydrogens (tertiary/aromatic N) is 1. The first kappa shape index (κ1) is 21.5. The summed E-state index contributed by atoms with van der Waals surface area (Å²) in [7, 11) is 0. The lowest BCUT2D eigenvalue weighted by Gasteiger charge is -2.30. The van der Waals surface area contributed by atoms with Crippen molar-refractivity contribution in [2.24, 2.45) is 4.99 Å². The fraction of sp³-hybridized carbons (Fsp3) is 0.455. The highest BCUT2D eigenvalue weighted by Gasteiger charge is 2.27. The van der Waals surface area contributed by atoms with Crippen LogP contribution in [-0.4, -0.2) is 24.0 Å². The highest BCUT2D eigenvalue weighted by molar-refractivity contribution is 5.84. The van der Waals surface area contributed by atoms with Crippen LogP contribution in [0.25, 0.3) is 0 Å². The minimum atomic E-state index is -0.628. The summed E-state index contributed by atoms with van der Waals surface area (Å²) in [5.74, 6) is 2.89. The van der Waals surface area contributed by atoms with Crippen molar-refractivity contribution in [1.82, 2.24) is 5.32 Å². The molecule has 0 spiro atoms. The maximum Gasteiger partial charge on any atom is 0.231 e. The van der Waals surface area contributed by atoms with E-state index in [-0.39, 0.29) is 12.6 Å². The fourth-order valence-electron chi connectivity index (χ4n) is 2.84. The molecule has 6 heteroatoms. The molecule has 28 heavy (non-hydrogen) atoms. The molecule has 0 aromatic heterocycles. The van der Waals surface area contributed by atoms with Gasteiger partial charge in [0.05, 0.1) is 5.70 Å². The van der Waals surface area contributed by atoms with E-state index < -0.39 is 5.60 Å². The number of ketones is 1. The Morgan fingerprint density at radius 2 is 2.00 bits per heavy atom. The SMILES string of the molecule is C/C=C(/CC(C)=O)N=C(C)NC(=CCC)C(C)(C)Oc1ccc2c(c1)OCO2. The van der Waals surface area contributed by atoms with Gasteiger partial charge in [-0.1, -0.05) is 19.1 Å². The lowest BCUT2D eigenvalue weighted by Crippen LogP contribution is -2.39. The van der Waals surface area contributed by atoms with Gasteiger partial charge in [-0.2, -0.15) is 0 Å². The summed E-state index contributed by atoms with van der Waals surface area (Å²) < 4.78 is 17.0. The van der Waals surface area contributed by atoms with Crippen LogP contribution in [0.5, 0.6) is 17.2 Å². The summed E-state index contributed by atoms with van der Waals surface area (Å²) in [5, 5.41) is 3.35. The zero-order valence-corrected chi connectivity index (χ0v) is 17.6. The molecule has 1 aromatic rings. The Morgan fingerprint density at radius 1 is 1.29 bits per heavy atom. The van der Waals surface area contributed by atoms with Crippen molar-refractivity contribution in [3.05, 3.63) is 41.7 Å². The molecule has 1 heterocycles. The van der Waals surface area contributed by atoms with Gasteiger partial charge in [-0.25, -0.2) is 4.99 Å². The number of carbonyl (C=O) groups excluding carboxylic acids is 1. The molecular formula is C22H30N2O4. The first-order valence-corrected chi connectivity index (χ1v) is 9.51. The maximum absolute atomic E-state index is 11.4. The van der Waals surface area contributed by atoms with Crippen LogP contribution in [0.1, 0.15) is 54.4 Å². The number of rotatable bonds is 8. The van der Waals surface area contributed by atoms with Crippen molar-refractivity contribution in [3.63, 3.8) is 0 Å². The second kappa shape index (κ2) is 9.44. The van der Waals surface area contributed by atoms with Crippen molar-refractivity contribution < 1.29 is 19.0 Å². The normalized spacial score (nSPS) is 14.9. The number of Topliss-reactive ketones (excluding diaryl/α,β-unsaturated/α-hetero) is 1. The molecule has 0 amide bonds. The molecule has 0 saturated carbocycles. The highest BCUT2D eigenvalue weighted by Crippen LogP contribution is 2.36. The van der Waals surface area contributed by atoms with E-state index in [4.69, 9.17) is 14.2 Å². The lowest BCUT2D eigenvalue weighted by atomic mass is 10.0. The van der Waals surface area contributed by atoms with Crippen molar-refractivity contribution in [2.75, 3.05) is 6.79 Å². The van der Waals surface area contributed by atoms with E-state index in [1.54, 1.807) is 6.92 Å². The minimum Gasteiger partial charge on any atom is -0.482 e. The van der Waals surface area contributed by atoms with Gasteiger partial charge in [0.25, 0.3) is 0 Å². The third-order valence-corrected chi connectivity index (χ3v) is 4.16. The minimum absolute atomic E-state index is 0.0837. The number of amidine groups is 1. The standard InChI is InChI=1S/C22H30N2O4/c1-7-9-21(24-16(4)23-17(8-2)12-15(3)25)22(5,6)28-18-10-11-19-20(13-18)27-14-26-19/h8-11,13H,7,12,14H2,1-6H3,(H,23,24)/b17-8-,21-9?. The van der Waals surface area contributed by atoms with Gasteiger partial charge in [-0.3, -0.25) is 4.79 Å². The Morgan fingerprint density at radius 3 is 2.64 bits per heavy atom. The van der Waals surface area contributed by atoms with E-state index in [1.165, 1.54) is 0 Å². The van der Waals surface area contributed by atoms with Crippen LogP contribution in [0.15, 0.2) is 46.7 Å². The van der Waals surface area contributed by atoms with Crippen molar-refractivity contribution in [2.45, 2.75) is 60.0 Å². The summed E-state index contributed by atoms with van der Waals surface area (Å²) >= 11 is 0. The summed E-state index contributed by atoms with van der Waals surface area (Å²) in [6.07, 6.45) is 5.09.